The number of benzene rings is 1. The molecular weight excluding hydrogens is 390 g/mol. The Balaban J connectivity index is 1.02. The molecule has 5 rings (SSSR count). The molecule has 0 spiro atoms. The van der Waals surface area contributed by atoms with Gasteiger partial charge in [-0.2, -0.15) is 0 Å². The fourth-order valence-corrected chi connectivity index (χ4v) is 5.91. The highest BCUT2D eigenvalue weighted by Gasteiger charge is 2.41. The molecule has 0 unspecified atom stereocenters. The predicted octanol–water partition coefficient (Wildman–Crippen LogP) is 4.79. The number of para-hydroxylation sites is 1. The van der Waals surface area contributed by atoms with Gasteiger partial charge in [0.05, 0.1) is 18.6 Å². The lowest BCUT2D eigenvalue weighted by Gasteiger charge is -2.38. The van der Waals surface area contributed by atoms with Crippen LogP contribution in [-0.2, 0) is 9.53 Å². The first-order valence-electron chi connectivity index (χ1n) is 12.3. The van der Waals surface area contributed by atoms with Crippen molar-refractivity contribution in [1.29, 1.82) is 0 Å². The average Bonchev–Trinajstić information content (AvgIpc) is 3.26. The number of rotatable bonds is 7. The largest absolute Gasteiger partial charge is 0.454 e. The first-order valence-corrected chi connectivity index (χ1v) is 12.3. The molecule has 0 atom stereocenters. The van der Waals surface area contributed by atoms with Gasteiger partial charge in [0.1, 0.15) is 5.78 Å². The van der Waals surface area contributed by atoms with Gasteiger partial charge in [0, 0.05) is 12.0 Å². The molecule has 0 N–H and O–H groups in total. The predicted molar refractivity (Wildman–Crippen MR) is 120 cm³/mol. The number of Topliss-reactive ketones (excluding diaryl/α,β-unsaturated/α-hetero) is 1. The number of ether oxygens (including phenoxy) is 3. The summed E-state index contributed by atoms with van der Waals surface area (Å²) in [5.74, 6) is 4.36. The fraction of sp³-hybridized carbons (Fsp3) is 0.731. The lowest BCUT2D eigenvalue weighted by atomic mass is 9.74. The molecule has 3 fully saturated rings. The molecule has 1 aromatic rings. The minimum Gasteiger partial charge on any atom is -0.454 e. The van der Waals surface area contributed by atoms with Crippen LogP contribution in [0.5, 0.6) is 11.5 Å². The van der Waals surface area contributed by atoms with Crippen LogP contribution < -0.4 is 9.47 Å². The number of carbonyl (C=O) groups is 1. The van der Waals surface area contributed by atoms with Gasteiger partial charge in [-0.05, 0) is 82.5 Å². The average molecular weight is 428 g/mol. The second-order valence-electron chi connectivity index (χ2n) is 10.6. The number of fused-ring (bicyclic) bond motifs is 1. The van der Waals surface area contributed by atoms with E-state index in [1.165, 1.54) is 70.1 Å². The van der Waals surface area contributed by atoms with E-state index in [2.05, 4.69) is 24.0 Å². The lowest BCUT2D eigenvalue weighted by Crippen LogP contribution is -2.47. The molecule has 3 aliphatic heterocycles. The van der Waals surface area contributed by atoms with Crippen LogP contribution in [0.3, 0.4) is 0 Å². The molecule has 31 heavy (non-hydrogen) atoms. The van der Waals surface area contributed by atoms with Crippen molar-refractivity contribution < 1.29 is 19.0 Å². The second kappa shape index (κ2) is 9.11. The molecule has 2 saturated heterocycles. The summed E-state index contributed by atoms with van der Waals surface area (Å²) < 4.78 is 16.6. The highest BCUT2D eigenvalue weighted by molar-refractivity contribution is 5.85. The summed E-state index contributed by atoms with van der Waals surface area (Å²) in [4.78, 5) is 15.2. The summed E-state index contributed by atoms with van der Waals surface area (Å²) in [6, 6.07) is 6.32. The molecule has 0 amide bonds. The van der Waals surface area contributed by atoms with Gasteiger partial charge >= 0.3 is 0 Å². The maximum atomic E-state index is 12.5. The minimum absolute atomic E-state index is 0.179. The third-order valence-electron chi connectivity index (χ3n) is 8.26. The van der Waals surface area contributed by atoms with Crippen LogP contribution in [-0.4, -0.2) is 50.3 Å². The third-order valence-corrected chi connectivity index (χ3v) is 8.26. The molecule has 5 heteroatoms. The van der Waals surface area contributed by atoms with Crippen molar-refractivity contribution in [3.8, 4) is 11.5 Å². The zero-order valence-corrected chi connectivity index (χ0v) is 18.9. The van der Waals surface area contributed by atoms with E-state index in [0.29, 0.717) is 37.6 Å². The van der Waals surface area contributed by atoms with Crippen LogP contribution in [0.4, 0.5) is 0 Å². The van der Waals surface area contributed by atoms with E-state index in [0.717, 1.165) is 23.8 Å². The Morgan fingerprint density at radius 1 is 1.03 bits per heavy atom. The zero-order valence-electron chi connectivity index (χ0n) is 18.9. The maximum Gasteiger partial charge on any atom is 0.231 e. The quantitative estimate of drug-likeness (QED) is 0.626. The van der Waals surface area contributed by atoms with Gasteiger partial charge in [0.15, 0.2) is 11.5 Å². The van der Waals surface area contributed by atoms with Crippen LogP contribution in [0.1, 0.15) is 69.8 Å². The van der Waals surface area contributed by atoms with Crippen LogP contribution in [0.25, 0.3) is 0 Å². The Hall–Kier alpha value is -1.59. The van der Waals surface area contributed by atoms with E-state index in [-0.39, 0.29) is 5.41 Å². The van der Waals surface area contributed by atoms with Crippen LogP contribution in [0.15, 0.2) is 18.2 Å². The summed E-state index contributed by atoms with van der Waals surface area (Å²) in [6.07, 6.45) is 9.57. The monoisotopic (exact) mass is 427 g/mol. The van der Waals surface area contributed by atoms with Crippen molar-refractivity contribution in [3.63, 3.8) is 0 Å². The normalized spacial score (nSPS) is 28.3. The molecule has 170 valence electrons. The molecule has 3 heterocycles. The molecule has 1 aromatic carbocycles. The van der Waals surface area contributed by atoms with Gasteiger partial charge in [0.25, 0.3) is 0 Å². The summed E-state index contributed by atoms with van der Waals surface area (Å²) in [5.41, 5.74) is 1.16. The van der Waals surface area contributed by atoms with E-state index < -0.39 is 0 Å². The molecule has 1 aliphatic carbocycles. The maximum absolute atomic E-state index is 12.5. The van der Waals surface area contributed by atoms with Gasteiger partial charge in [0.2, 0.25) is 6.79 Å². The smallest absolute Gasteiger partial charge is 0.231 e. The number of hydrogen-bond acceptors (Lipinski definition) is 5. The van der Waals surface area contributed by atoms with E-state index in [9.17, 15) is 4.79 Å². The van der Waals surface area contributed by atoms with Crippen molar-refractivity contribution in [2.24, 2.45) is 17.3 Å². The van der Waals surface area contributed by atoms with E-state index >= 15 is 0 Å². The van der Waals surface area contributed by atoms with E-state index in [4.69, 9.17) is 14.2 Å². The molecule has 4 aliphatic rings. The Labute approximate surface area is 186 Å². The molecule has 0 aromatic heterocycles. The molecule has 0 bridgehead atoms. The standard InChI is InChI=1S/C26H37NO4/c1-26(16-29-17-26)24(28)15-20-7-5-19(6-8-20)9-12-27-13-10-21(11-14-27)22-3-2-4-23-25(22)31-18-30-23/h2-4,19-21H,5-18H2,1H3. The fourth-order valence-electron chi connectivity index (χ4n) is 5.91. The van der Waals surface area contributed by atoms with Crippen molar-refractivity contribution >= 4 is 5.78 Å². The number of likely N-dealkylation sites (tertiary alicyclic amines) is 1. The lowest BCUT2D eigenvalue weighted by molar-refractivity contribution is -0.156. The molecule has 0 radical (unpaired) electrons. The summed E-state index contributed by atoms with van der Waals surface area (Å²) in [5, 5.41) is 0. The first-order chi connectivity index (χ1) is 15.1. The Morgan fingerprint density at radius 3 is 2.48 bits per heavy atom. The number of carbonyl (C=O) groups excluding carboxylic acids is 1. The third kappa shape index (κ3) is 4.63. The summed E-state index contributed by atoms with van der Waals surface area (Å²) in [7, 11) is 0. The number of hydrogen-bond donors (Lipinski definition) is 0. The number of piperidine rings is 1. The van der Waals surface area contributed by atoms with Gasteiger partial charge in [-0.25, -0.2) is 0 Å². The Kier molecular flexibility index (Phi) is 6.25. The van der Waals surface area contributed by atoms with E-state index in [1.807, 2.05) is 6.07 Å². The molecule has 5 nitrogen and oxygen atoms in total. The Morgan fingerprint density at radius 2 is 1.77 bits per heavy atom. The highest BCUT2D eigenvalue weighted by atomic mass is 16.7. The van der Waals surface area contributed by atoms with Crippen molar-refractivity contribution in [3.05, 3.63) is 23.8 Å². The zero-order chi connectivity index (χ0) is 21.3. The van der Waals surface area contributed by atoms with E-state index in [1.54, 1.807) is 0 Å². The number of nitrogens with zero attached hydrogens (tertiary/aromatic N) is 1. The van der Waals surface area contributed by atoms with Crippen molar-refractivity contribution in [1.82, 2.24) is 4.90 Å². The van der Waals surface area contributed by atoms with Gasteiger partial charge < -0.3 is 19.1 Å². The topological polar surface area (TPSA) is 48.0 Å². The SMILES string of the molecule is CC1(C(=O)CC2CCC(CCN3CCC(c4cccc5c4OCO5)CC3)CC2)COC1. The van der Waals surface area contributed by atoms with Crippen LogP contribution in [0, 0.1) is 17.3 Å². The second-order valence-corrected chi connectivity index (χ2v) is 10.6. The highest BCUT2D eigenvalue weighted by Crippen LogP contribution is 2.42. The molecular formula is C26H37NO4. The van der Waals surface area contributed by atoms with Gasteiger partial charge in [-0.15, -0.1) is 0 Å². The Bertz CT molecular complexity index is 774. The van der Waals surface area contributed by atoms with Crippen molar-refractivity contribution in [2.45, 2.75) is 64.2 Å². The summed E-state index contributed by atoms with van der Waals surface area (Å²) >= 11 is 0. The van der Waals surface area contributed by atoms with Gasteiger partial charge in [-0.3, -0.25) is 4.79 Å². The van der Waals surface area contributed by atoms with Crippen LogP contribution in [0.2, 0.25) is 0 Å². The van der Waals surface area contributed by atoms with Crippen LogP contribution >= 0.6 is 0 Å². The first kappa shape index (κ1) is 21.3. The van der Waals surface area contributed by atoms with Crippen molar-refractivity contribution in [2.75, 3.05) is 39.6 Å². The minimum atomic E-state index is -0.179. The molecule has 1 saturated carbocycles. The number of ketones is 1. The summed E-state index contributed by atoms with van der Waals surface area (Å²) in [6.45, 7) is 7.27. The van der Waals surface area contributed by atoms with Gasteiger partial charge in [-0.1, -0.05) is 25.0 Å².